The van der Waals surface area contributed by atoms with E-state index >= 15 is 0 Å². The van der Waals surface area contributed by atoms with Crippen LogP contribution in [0.1, 0.15) is 123 Å². The Bertz CT molecular complexity index is 7390. The van der Waals surface area contributed by atoms with Crippen LogP contribution in [0.4, 0.5) is 0 Å². The number of phenols is 4. The Hall–Kier alpha value is -17.2. The maximum absolute atomic E-state index is 10.9. The van der Waals surface area contributed by atoms with Crippen molar-refractivity contribution in [3.63, 3.8) is 0 Å². The van der Waals surface area contributed by atoms with Gasteiger partial charge in [-0.3, -0.25) is 27.0 Å². The van der Waals surface area contributed by atoms with Gasteiger partial charge in [-0.05, 0) is 114 Å². The minimum absolute atomic E-state index is 0.109. The van der Waals surface area contributed by atoms with E-state index in [9.17, 15) is 46.0 Å². The summed E-state index contributed by atoms with van der Waals surface area (Å²) < 4.78 is 14.0. The van der Waals surface area contributed by atoms with E-state index in [0.717, 1.165) is 131 Å². The summed E-state index contributed by atoms with van der Waals surface area (Å²) in [4.78, 5) is 46.7. The molecule has 11 heterocycles. The minimum Gasteiger partial charge on any atom is -0.508 e. The maximum atomic E-state index is 10.9. The first kappa shape index (κ1) is 85.6. The van der Waals surface area contributed by atoms with Crippen molar-refractivity contribution in [2.24, 2.45) is 0 Å². The first-order valence-electron chi connectivity index (χ1n) is 43.2. The second-order valence-electron chi connectivity index (χ2n) is 32.5. The normalized spacial score (nSPS) is 11.7. The summed E-state index contributed by atoms with van der Waals surface area (Å²) in [5.41, 5.74) is 23.6. The zero-order valence-corrected chi connectivity index (χ0v) is 72.2. The van der Waals surface area contributed by atoms with Crippen molar-refractivity contribution in [1.82, 2.24) is 71.8 Å². The molecule has 25 nitrogen and oxygen atoms in total. The van der Waals surface area contributed by atoms with Crippen LogP contribution in [0.3, 0.4) is 0 Å². The van der Waals surface area contributed by atoms with Crippen LogP contribution in [0.2, 0.25) is 0 Å². The molecule has 654 valence electrons. The molecular formula is C107H91N15O10. The Morgan fingerprint density at radius 3 is 1.05 bits per heavy atom. The van der Waals surface area contributed by atoms with Gasteiger partial charge in [-0.15, -0.1) is 0 Å². The summed E-state index contributed by atoms with van der Waals surface area (Å²) in [6, 6.07) is 91.1. The molecule has 1 saturated carbocycles. The van der Waals surface area contributed by atoms with E-state index in [2.05, 4.69) is 50.9 Å². The molecule has 0 atom stereocenters. The fourth-order valence-electron chi connectivity index (χ4n) is 15.7. The Morgan fingerprint density at radius 1 is 0.295 bits per heavy atom. The number of rotatable bonds is 19. The van der Waals surface area contributed by atoms with Gasteiger partial charge in [0.05, 0.1) is 70.1 Å². The third kappa shape index (κ3) is 19.4. The molecule has 1 aliphatic carbocycles. The zero-order chi connectivity index (χ0) is 90.9. The number of imidazole rings is 5. The Kier molecular flexibility index (Phi) is 24.7. The number of hydrogen-bond acceptors (Lipinski definition) is 20. The molecule has 0 saturated heterocycles. The van der Waals surface area contributed by atoms with Crippen LogP contribution in [0.25, 0.3) is 84.5 Å². The van der Waals surface area contributed by atoms with Gasteiger partial charge in [-0.1, -0.05) is 244 Å². The molecule has 21 aromatic rings. The third-order valence-corrected chi connectivity index (χ3v) is 22.7. The largest absolute Gasteiger partial charge is 0.508 e. The SMILES string of the molecule is CC(C)c1nc(-c2ccccc2)cn2c(O)c(Cc3ccc(O)cc3)nc12.Cc1nc(-c2ccccc2)cn2c(O)c(Cc3ccc(O)cc3)nc12.Oc1c(Cc2ccco2)nc2c(Cc3ccccc3)nc(-c3ccccc3)cn12.Oc1ccc(Cc2nc3c(C4CC4)nc(-c4ccccc4)cn3c2O)cc1.Oc1ccc(Cc2nc3cnc(-c4ccccc4)cn3c2O)cc1. The van der Waals surface area contributed by atoms with Crippen molar-refractivity contribution in [2.75, 3.05) is 0 Å². The number of furan rings is 1. The second-order valence-corrected chi connectivity index (χ2v) is 32.5. The van der Waals surface area contributed by atoms with E-state index in [1.807, 2.05) is 256 Å². The average Bonchev–Trinajstić information content (AvgIpc) is 1.60. The third-order valence-electron chi connectivity index (χ3n) is 22.7. The molecule has 25 heteroatoms. The van der Waals surface area contributed by atoms with Crippen LogP contribution >= 0.6 is 0 Å². The monoisotopic (exact) mass is 1750 g/mol. The zero-order valence-electron chi connectivity index (χ0n) is 72.2. The van der Waals surface area contributed by atoms with Gasteiger partial charge in [0, 0.05) is 96.8 Å². The smallest absolute Gasteiger partial charge is 0.219 e. The molecule has 11 aromatic heterocycles. The van der Waals surface area contributed by atoms with Gasteiger partial charge >= 0.3 is 0 Å². The highest BCUT2D eigenvalue weighted by molar-refractivity contribution is 5.69. The first-order chi connectivity index (χ1) is 64.3. The highest BCUT2D eigenvalue weighted by Gasteiger charge is 2.31. The number of benzene rings is 10. The summed E-state index contributed by atoms with van der Waals surface area (Å²) >= 11 is 0. The fraction of sp³-hybridized carbons (Fsp3) is 0.121. The molecule has 132 heavy (non-hydrogen) atoms. The minimum atomic E-state index is 0.109. The van der Waals surface area contributed by atoms with Crippen LogP contribution in [-0.2, 0) is 38.5 Å². The molecule has 0 amide bonds. The number of aromatic hydroxyl groups is 9. The lowest BCUT2D eigenvalue weighted by Crippen LogP contribution is -2.01. The molecule has 1 aliphatic rings. The number of hydrogen-bond donors (Lipinski definition) is 9. The van der Waals surface area contributed by atoms with Gasteiger partial charge in [-0.25, -0.2) is 44.9 Å². The maximum Gasteiger partial charge on any atom is 0.219 e. The quantitative estimate of drug-likeness (QED) is 0.0363. The van der Waals surface area contributed by atoms with Gasteiger partial charge in [0.25, 0.3) is 0 Å². The van der Waals surface area contributed by atoms with Gasteiger partial charge in [-0.2, -0.15) is 0 Å². The van der Waals surface area contributed by atoms with Crippen molar-refractivity contribution in [1.29, 1.82) is 0 Å². The van der Waals surface area contributed by atoms with Gasteiger partial charge in [0.15, 0.2) is 28.2 Å². The van der Waals surface area contributed by atoms with Crippen molar-refractivity contribution >= 4 is 28.2 Å². The summed E-state index contributed by atoms with van der Waals surface area (Å²) in [6.45, 7) is 6.03. The van der Waals surface area contributed by atoms with Crippen LogP contribution in [0, 0.1) is 6.92 Å². The topological polar surface area (TPSA) is 346 Å². The average molecular weight is 1750 g/mol. The van der Waals surface area contributed by atoms with E-state index in [4.69, 9.17) is 29.3 Å². The lowest BCUT2D eigenvalue weighted by molar-refractivity contribution is 0.438. The van der Waals surface area contributed by atoms with Crippen molar-refractivity contribution < 1.29 is 50.4 Å². The predicted octanol–water partition coefficient (Wildman–Crippen LogP) is 20.8. The molecule has 0 aliphatic heterocycles. The summed E-state index contributed by atoms with van der Waals surface area (Å²) in [7, 11) is 0. The standard InChI is InChI=1S/C24H19N3O2.C22H19N3O2.C22H21N3O2.C20H17N3O2.C19H15N3O2/c28-24-21(15-19-12-7-13-29-19)26-23-20(14-17-8-3-1-4-9-17)25-22(16-27(23)24)18-10-5-2-6-11-18;26-17-10-6-14(7-11-17)12-18-22(27)25-13-19(15-4-2-1-3-5-15)23-20(16-8-9-16)21(25)24-18;1-14(2)20-21-24-18(12-15-8-10-17(26)11-9-15)22(27)25(21)13-19(23-20)16-6-4-3-5-7-16;1-13-19-22-17(11-14-7-9-16(24)10-8-14)20(25)23(19)12-18(21-13)15-5-3-2-4-6-15;23-15-8-6-13(7-9-15)10-16-19(24)22-12-17(20-11-18(22)21-16)14-4-2-1-3-5-14/h1-13,16,28H,14-15H2;1-7,10-11,13,16,26-27H,8-9,12H2;3-11,13-14,26-27H,12H2,1-2H3;2-10,12,24-25H,11H2,1H3;1-9,11-12,23-24H,10H2. The fourth-order valence-corrected chi connectivity index (χ4v) is 15.7. The number of nitrogens with zero attached hydrogens (tertiary/aromatic N) is 15. The first-order valence-corrected chi connectivity index (χ1v) is 43.2. The molecular weight excluding hydrogens is 1660 g/mol. The van der Waals surface area contributed by atoms with Gasteiger partial charge in [0.2, 0.25) is 29.4 Å². The lowest BCUT2D eigenvalue weighted by Gasteiger charge is -2.10. The van der Waals surface area contributed by atoms with Crippen LogP contribution in [0.15, 0.2) is 339 Å². The van der Waals surface area contributed by atoms with Crippen LogP contribution in [0.5, 0.6) is 52.4 Å². The van der Waals surface area contributed by atoms with E-state index in [1.165, 1.54) is 0 Å². The predicted molar refractivity (Wildman–Crippen MR) is 506 cm³/mol. The molecule has 10 aromatic carbocycles. The van der Waals surface area contributed by atoms with Crippen molar-refractivity contribution in [3.05, 3.63) is 419 Å². The number of phenolic OH excluding ortho intramolecular Hbond substituents is 4. The summed E-state index contributed by atoms with van der Waals surface area (Å²) in [6.07, 6.45) is 17.6. The van der Waals surface area contributed by atoms with E-state index < -0.39 is 0 Å². The second kappa shape index (κ2) is 38.1. The number of aromatic nitrogens is 15. The van der Waals surface area contributed by atoms with Crippen LogP contribution in [-0.4, -0.2) is 118 Å². The highest BCUT2D eigenvalue weighted by atomic mass is 16.3. The molecule has 0 unspecified atom stereocenters. The van der Waals surface area contributed by atoms with E-state index in [0.29, 0.717) is 95.5 Å². The van der Waals surface area contributed by atoms with Gasteiger partial charge in [0.1, 0.15) is 57.2 Å². The van der Waals surface area contributed by atoms with Gasteiger partial charge < -0.3 is 50.4 Å². The molecule has 9 N–H and O–H groups in total. The summed E-state index contributed by atoms with van der Waals surface area (Å²) in [5, 5.41) is 91.3. The van der Waals surface area contributed by atoms with Crippen molar-refractivity contribution in [2.45, 2.75) is 84.0 Å². The summed E-state index contributed by atoms with van der Waals surface area (Å²) in [5.74, 6) is 2.84. The molecule has 0 spiro atoms. The highest BCUT2D eigenvalue weighted by Crippen LogP contribution is 2.43. The Labute approximate surface area is 758 Å². The Balaban J connectivity index is 0.000000111. The van der Waals surface area contributed by atoms with Crippen LogP contribution < -0.4 is 0 Å². The van der Waals surface area contributed by atoms with E-state index in [1.54, 1.807) is 95.4 Å². The molecule has 22 rings (SSSR count). The van der Waals surface area contributed by atoms with Crippen molar-refractivity contribution in [3.8, 4) is 109 Å². The molecule has 0 bridgehead atoms. The lowest BCUT2D eigenvalue weighted by atomic mass is 10.1. The van der Waals surface area contributed by atoms with E-state index in [-0.39, 0.29) is 58.3 Å². The molecule has 0 radical (unpaired) electrons. The molecule has 1 fully saturated rings. The Morgan fingerprint density at radius 2 is 0.621 bits per heavy atom. The number of fused-ring (bicyclic) bond motifs is 5. The number of aryl methyl sites for hydroxylation is 1.